The van der Waals surface area contributed by atoms with Gasteiger partial charge in [-0.1, -0.05) is 6.07 Å². The molecule has 0 saturated carbocycles. The molecular formula is C13H19NO4. The number of morpholine rings is 1. The Morgan fingerprint density at radius 1 is 1.28 bits per heavy atom. The molecule has 0 bridgehead atoms. The lowest BCUT2D eigenvalue weighted by atomic mass is 10.3. The summed E-state index contributed by atoms with van der Waals surface area (Å²) in [5.41, 5.74) is 0. The fourth-order valence-electron chi connectivity index (χ4n) is 1.86. The Bertz CT molecular complexity index is 355. The average molecular weight is 253 g/mol. The zero-order valence-electron chi connectivity index (χ0n) is 10.8. The van der Waals surface area contributed by atoms with Crippen LogP contribution < -0.4 is 19.5 Å². The van der Waals surface area contributed by atoms with Crippen molar-refractivity contribution in [1.29, 1.82) is 0 Å². The van der Waals surface area contributed by atoms with Crippen LogP contribution in [0.15, 0.2) is 18.2 Å². The first kappa shape index (κ1) is 13.0. The molecule has 5 nitrogen and oxygen atoms in total. The van der Waals surface area contributed by atoms with Crippen LogP contribution in [-0.2, 0) is 4.74 Å². The van der Waals surface area contributed by atoms with Crippen LogP contribution in [0.2, 0.25) is 0 Å². The topological polar surface area (TPSA) is 49.0 Å². The molecule has 1 aromatic carbocycles. The highest BCUT2D eigenvalue weighted by Crippen LogP contribution is 2.36. The third kappa shape index (κ3) is 3.05. The van der Waals surface area contributed by atoms with Gasteiger partial charge in [-0.25, -0.2) is 0 Å². The molecule has 0 spiro atoms. The highest BCUT2D eigenvalue weighted by atomic mass is 16.6. The van der Waals surface area contributed by atoms with Gasteiger partial charge in [0.25, 0.3) is 0 Å². The molecule has 5 heteroatoms. The fraction of sp³-hybridized carbons (Fsp3) is 0.538. The predicted octanol–water partition coefficient (Wildman–Crippen LogP) is 1.07. The summed E-state index contributed by atoms with van der Waals surface area (Å²) in [6.45, 7) is 2.90. The van der Waals surface area contributed by atoms with Crippen molar-refractivity contribution < 1.29 is 18.9 Å². The van der Waals surface area contributed by atoms with Crippen LogP contribution >= 0.6 is 0 Å². The minimum absolute atomic E-state index is 0.0633. The van der Waals surface area contributed by atoms with Gasteiger partial charge in [0.05, 0.1) is 20.8 Å². The van der Waals surface area contributed by atoms with E-state index in [1.807, 2.05) is 18.2 Å². The van der Waals surface area contributed by atoms with Crippen LogP contribution in [0, 0.1) is 0 Å². The summed E-state index contributed by atoms with van der Waals surface area (Å²) in [6.07, 6.45) is 0.0633. The van der Waals surface area contributed by atoms with Crippen molar-refractivity contribution >= 4 is 0 Å². The van der Waals surface area contributed by atoms with Gasteiger partial charge in [-0.3, -0.25) is 0 Å². The molecule has 0 amide bonds. The summed E-state index contributed by atoms with van der Waals surface area (Å²) >= 11 is 0. The van der Waals surface area contributed by atoms with Crippen LogP contribution in [0.1, 0.15) is 0 Å². The van der Waals surface area contributed by atoms with Crippen molar-refractivity contribution in [3.8, 4) is 17.2 Å². The molecule has 2 rings (SSSR count). The van der Waals surface area contributed by atoms with Gasteiger partial charge < -0.3 is 24.3 Å². The number of benzene rings is 1. The first-order chi connectivity index (χ1) is 8.85. The van der Waals surface area contributed by atoms with E-state index in [1.54, 1.807) is 14.2 Å². The number of para-hydroxylation sites is 1. The first-order valence-corrected chi connectivity index (χ1v) is 6.01. The second-order valence-corrected chi connectivity index (χ2v) is 4.00. The maximum atomic E-state index is 5.77. The van der Waals surface area contributed by atoms with Crippen molar-refractivity contribution in [3.63, 3.8) is 0 Å². The number of nitrogens with one attached hydrogen (secondary N) is 1. The Morgan fingerprint density at radius 3 is 2.56 bits per heavy atom. The van der Waals surface area contributed by atoms with Crippen LogP contribution in [0.5, 0.6) is 17.2 Å². The molecule has 1 aliphatic heterocycles. The molecule has 1 N–H and O–H groups in total. The molecule has 100 valence electrons. The van der Waals surface area contributed by atoms with Crippen molar-refractivity contribution in [2.24, 2.45) is 0 Å². The summed E-state index contributed by atoms with van der Waals surface area (Å²) in [6, 6.07) is 5.55. The lowest BCUT2D eigenvalue weighted by Gasteiger charge is -2.24. The smallest absolute Gasteiger partial charge is 0.203 e. The molecule has 1 atom stereocenters. The Labute approximate surface area is 107 Å². The van der Waals surface area contributed by atoms with Crippen molar-refractivity contribution in [3.05, 3.63) is 18.2 Å². The summed E-state index contributed by atoms with van der Waals surface area (Å²) in [7, 11) is 3.22. The van der Waals surface area contributed by atoms with Crippen molar-refractivity contribution in [2.75, 3.05) is 40.5 Å². The van der Waals surface area contributed by atoms with E-state index in [0.717, 1.165) is 19.7 Å². The second-order valence-electron chi connectivity index (χ2n) is 4.00. The van der Waals surface area contributed by atoms with E-state index < -0.39 is 0 Å². The largest absolute Gasteiger partial charge is 0.493 e. The van der Waals surface area contributed by atoms with E-state index in [9.17, 15) is 0 Å². The summed E-state index contributed by atoms with van der Waals surface area (Å²) in [5, 5.41) is 3.26. The highest BCUT2D eigenvalue weighted by Gasteiger charge is 2.17. The summed E-state index contributed by atoms with van der Waals surface area (Å²) < 4.78 is 21.9. The third-order valence-electron chi connectivity index (χ3n) is 2.80. The maximum Gasteiger partial charge on any atom is 0.203 e. The summed E-state index contributed by atoms with van der Waals surface area (Å²) in [5.74, 6) is 1.95. The van der Waals surface area contributed by atoms with Gasteiger partial charge in [-0.05, 0) is 12.1 Å². The van der Waals surface area contributed by atoms with E-state index in [0.29, 0.717) is 23.9 Å². The molecule has 1 fully saturated rings. The van der Waals surface area contributed by atoms with E-state index in [4.69, 9.17) is 18.9 Å². The number of hydrogen-bond donors (Lipinski definition) is 1. The quantitative estimate of drug-likeness (QED) is 0.850. The Morgan fingerprint density at radius 2 is 2.00 bits per heavy atom. The van der Waals surface area contributed by atoms with E-state index in [1.165, 1.54) is 0 Å². The Kier molecular flexibility index (Phi) is 4.66. The average Bonchev–Trinajstić information content (AvgIpc) is 2.45. The van der Waals surface area contributed by atoms with Crippen LogP contribution in [-0.4, -0.2) is 46.6 Å². The zero-order valence-corrected chi connectivity index (χ0v) is 10.8. The van der Waals surface area contributed by atoms with E-state index in [-0.39, 0.29) is 6.10 Å². The van der Waals surface area contributed by atoms with E-state index >= 15 is 0 Å². The van der Waals surface area contributed by atoms with Gasteiger partial charge in [0.15, 0.2) is 11.5 Å². The second kappa shape index (κ2) is 6.47. The van der Waals surface area contributed by atoms with E-state index in [2.05, 4.69) is 5.32 Å². The molecule has 1 saturated heterocycles. The third-order valence-corrected chi connectivity index (χ3v) is 2.80. The minimum atomic E-state index is 0.0633. The molecular weight excluding hydrogens is 234 g/mol. The molecule has 1 aromatic rings. The molecule has 0 aliphatic carbocycles. The number of hydrogen-bond acceptors (Lipinski definition) is 5. The van der Waals surface area contributed by atoms with Gasteiger partial charge in [-0.15, -0.1) is 0 Å². The van der Waals surface area contributed by atoms with Crippen molar-refractivity contribution in [1.82, 2.24) is 5.32 Å². The van der Waals surface area contributed by atoms with Gasteiger partial charge in [0.1, 0.15) is 12.7 Å². The number of rotatable bonds is 5. The number of methoxy groups -OCH3 is 2. The standard InChI is InChI=1S/C13H19NO4/c1-15-11-4-3-5-12(16-2)13(11)18-9-10-8-14-6-7-17-10/h3-5,10,14H,6-9H2,1-2H3. The van der Waals surface area contributed by atoms with Gasteiger partial charge in [0.2, 0.25) is 5.75 Å². The molecule has 1 aliphatic rings. The maximum absolute atomic E-state index is 5.77. The van der Waals surface area contributed by atoms with Crippen molar-refractivity contribution in [2.45, 2.75) is 6.10 Å². The molecule has 0 aromatic heterocycles. The lowest BCUT2D eigenvalue weighted by molar-refractivity contribution is -0.000746. The summed E-state index contributed by atoms with van der Waals surface area (Å²) in [4.78, 5) is 0. The highest BCUT2D eigenvalue weighted by molar-refractivity contribution is 5.51. The normalized spacial score (nSPS) is 19.3. The molecule has 1 unspecified atom stereocenters. The van der Waals surface area contributed by atoms with Crippen LogP contribution in [0.25, 0.3) is 0 Å². The SMILES string of the molecule is COc1cccc(OC)c1OCC1CNCCO1. The number of ether oxygens (including phenoxy) is 4. The van der Waals surface area contributed by atoms with Gasteiger partial charge in [-0.2, -0.15) is 0 Å². The monoisotopic (exact) mass is 253 g/mol. The van der Waals surface area contributed by atoms with Gasteiger partial charge >= 0.3 is 0 Å². The first-order valence-electron chi connectivity index (χ1n) is 6.01. The Balaban J connectivity index is 2.02. The molecule has 1 heterocycles. The lowest BCUT2D eigenvalue weighted by Crippen LogP contribution is -2.41. The van der Waals surface area contributed by atoms with Crippen LogP contribution in [0.3, 0.4) is 0 Å². The fourth-order valence-corrected chi connectivity index (χ4v) is 1.86. The molecule has 18 heavy (non-hydrogen) atoms. The van der Waals surface area contributed by atoms with Gasteiger partial charge in [0, 0.05) is 13.1 Å². The van der Waals surface area contributed by atoms with Crippen LogP contribution in [0.4, 0.5) is 0 Å². The predicted molar refractivity (Wildman–Crippen MR) is 67.7 cm³/mol. The molecule has 0 radical (unpaired) electrons. The zero-order chi connectivity index (χ0) is 12.8. The Hall–Kier alpha value is -1.46. The minimum Gasteiger partial charge on any atom is -0.493 e.